The molecule has 2 heterocycles. The molecular weight excluding hydrogens is 344 g/mol. The highest BCUT2D eigenvalue weighted by molar-refractivity contribution is 7.89. The molecule has 0 saturated carbocycles. The first-order chi connectivity index (χ1) is 11.9. The van der Waals surface area contributed by atoms with Gasteiger partial charge in [-0.2, -0.15) is 0 Å². The number of fused-ring (bicyclic) bond motifs is 2. The van der Waals surface area contributed by atoms with Crippen LogP contribution in [0.1, 0.15) is 5.82 Å². The molecule has 9 heteroatoms. The summed E-state index contributed by atoms with van der Waals surface area (Å²) in [4.78, 5) is 18.1. The molecule has 0 fully saturated rings. The normalized spacial score (nSPS) is 12.2. The highest BCUT2D eigenvalue weighted by Crippen LogP contribution is 2.18. The fourth-order valence-corrected chi connectivity index (χ4v) is 3.68. The fourth-order valence-electron chi connectivity index (χ4n) is 2.69. The number of para-hydroxylation sites is 2. The van der Waals surface area contributed by atoms with Crippen LogP contribution in [0.5, 0.6) is 0 Å². The van der Waals surface area contributed by atoms with Crippen molar-refractivity contribution in [3.05, 3.63) is 58.8 Å². The van der Waals surface area contributed by atoms with Gasteiger partial charge in [-0.3, -0.25) is 4.98 Å². The van der Waals surface area contributed by atoms with Crippen molar-refractivity contribution in [2.45, 2.75) is 11.4 Å². The van der Waals surface area contributed by atoms with Gasteiger partial charge in [0.05, 0.1) is 28.0 Å². The summed E-state index contributed by atoms with van der Waals surface area (Å²) in [5.74, 6) is -0.0313. The average molecular weight is 358 g/mol. The van der Waals surface area contributed by atoms with E-state index in [0.717, 1.165) is 11.0 Å². The number of hydrogen-bond donors (Lipinski definition) is 2. The molecule has 0 amide bonds. The molecule has 128 valence electrons. The van der Waals surface area contributed by atoms with Crippen LogP contribution in [0.25, 0.3) is 22.1 Å². The van der Waals surface area contributed by atoms with Gasteiger partial charge >= 0.3 is 5.76 Å². The second kappa shape index (κ2) is 5.57. The van der Waals surface area contributed by atoms with Crippen LogP contribution in [0, 0.1) is 0 Å². The van der Waals surface area contributed by atoms with Crippen molar-refractivity contribution >= 4 is 32.2 Å². The minimum absolute atomic E-state index is 0.0153. The van der Waals surface area contributed by atoms with Crippen molar-refractivity contribution < 1.29 is 12.8 Å². The van der Waals surface area contributed by atoms with Crippen molar-refractivity contribution in [3.8, 4) is 0 Å². The molecule has 8 nitrogen and oxygen atoms in total. The summed E-state index contributed by atoms with van der Waals surface area (Å²) in [7, 11) is -1.94. The summed E-state index contributed by atoms with van der Waals surface area (Å²) in [5, 5.41) is 0. The third-order valence-corrected chi connectivity index (χ3v) is 5.40. The summed E-state index contributed by atoms with van der Waals surface area (Å²) >= 11 is 0. The minimum atomic E-state index is -3.77. The number of nitrogens with zero attached hydrogens (tertiary/aromatic N) is 2. The van der Waals surface area contributed by atoms with Crippen LogP contribution >= 0.6 is 0 Å². The molecule has 0 aliphatic rings. The Morgan fingerprint density at radius 2 is 2.04 bits per heavy atom. The smallest absolute Gasteiger partial charge is 0.408 e. The molecule has 0 bridgehead atoms. The molecule has 25 heavy (non-hydrogen) atoms. The topological polar surface area (TPSA) is 110 Å². The standard InChI is InChI=1S/C16H14N4O4S/c1-20-13-5-3-2-4-11(13)18-15(20)9-17-25(22,23)10-6-7-12-14(8-10)24-16(21)19-12/h2-8,17H,9H2,1H3,(H,19,21). The van der Waals surface area contributed by atoms with Crippen LogP contribution in [-0.2, 0) is 23.6 Å². The first-order valence-corrected chi connectivity index (χ1v) is 8.95. The van der Waals surface area contributed by atoms with Gasteiger partial charge in [0.2, 0.25) is 10.0 Å². The van der Waals surface area contributed by atoms with Crippen molar-refractivity contribution in [2.75, 3.05) is 0 Å². The number of hydrogen-bond acceptors (Lipinski definition) is 5. The number of H-pyrrole nitrogens is 1. The van der Waals surface area contributed by atoms with Crippen molar-refractivity contribution in [1.29, 1.82) is 0 Å². The Kier molecular flexibility index (Phi) is 3.48. The number of imidazole rings is 1. The quantitative estimate of drug-likeness (QED) is 0.574. The Morgan fingerprint density at radius 3 is 2.84 bits per heavy atom. The average Bonchev–Trinajstić information content (AvgIpc) is 3.12. The van der Waals surface area contributed by atoms with E-state index < -0.39 is 15.8 Å². The molecule has 2 aromatic heterocycles. The molecule has 0 aliphatic heterocycles. The lowest BCUT2D eigenvalue weighted by molar-refractivity contribution is 0.553. The lowest BCUT2D eigenvalue weighted by atomic mass is 10.3. The maximum Gasteiger partial charge on any atom is 0.417 e. The van der Waals surface area contributed by atoms with E-state index in [1.165, 1.54) is 18.2 Å². The van der Waals surface area contributed by atoms with Crippen molar-refractivity contribution in [3.63, 3.8) is 0 Å². The lowest BCUT2D eigenvalue weighted by Gasteiger charge is -2.07. The molecular formula is C16H14N4O4S. The van der Waals surface area contributed by atoms with Gasteiger partial charge in [-0.15, -0.1) is 0 Å². The minimum Gasteiger partial charge on any atom is -0.408 e. The van der Waals surface area contributed by atoms with Crippen LogP contribution in [0.2, 0.25) is 0 Å². The zero-order valence-electron chi connectivity index (χ0n) is 13.2. The van der Waals surface area contributed by atoms with E-state index >= 15 is 0 Å². The Bertz CT molecular complexity index is 1250. The van der Waals surface area contributed by atoms with Crippen LogP contribution in [0.4, 0.5) is 0 Å². The van der Waals surface area contributed by atoms with Crippen LogP contribution < -0.4 is 10.5 Å². The van der Waals surface area contributed by atoms with Gasteiger partial charge in [-0.1, -0.05) is 12.1 Å². The predicted molar refractivity (Wildman–Crippen MR) is 91.6 cm³/mol. The van der Waals surface area contributed by atoms with E-state index in [0.29, 0.717) is 11.3 Å². The monoisotopic (exact) mass is 358 g/mol. The maximum atomic E-state index is 12.5. The van der Waals surface area contributed by atoms with E-state index in [-0.39, 0.29) is 17.0 Å². The van der Waals surface area contributed by atoms with Gasteiger partial charge in [-0.05, 0) is 24.3 Å². The molecule has 4 rings (SSSR count). The number of aromatic nitrogens is 3. The zero-order chi connectivity index (χ0) is 17.6. The van der Waals surface area contributed by atoms with Gasteiger partial charge in [0, 0.05) is 13.1 Å². The largest absolute Gasteiger partial charge is 0.417 e. The van der Waals surface area contributed by atoms with E-state index in [1.54, 1.807) is 0 Å². The van der Waals surface area contributed by atoms with Gasteiger partial charge < -0.3 is 8.98 Å². The second-order valence-electron chi connectivity index (χ2n) is 5.57. The number of benzene rings is 2. The third kappa shape index (κ3) is 2.73. The van der Waals surface area contributed by atoms with Gasteiger partial charge in [-0.25, -0.2) is 22.9 Å². The van der Waals surface area contributed by atoms with Crippen LogP contribution in [0.15, 0.2) is 56.6 Å². The summed E-state index contributed by atoms with van der Waals surface area (Å²) in [6, 6.07) is 11.8. The summed E-state index contributed by atoms with van der Waals surface area (Å²) < 4.78 is 34.3. The highest BCUT2D eigenvalue weighted by atomic mass is 32.2. The Hall–Kier alpha value is -2.91. The van der Waals surface area contributed by atoms with E-state index in [2.05, 4.69) is 14.7 Å². The summed E-state index contributed by atoms with van der Waals surface area (Å²) in [5.41, 5.74) is 2.36. The Morgan fingerprint density at radius 1 is 1.24 bits per heavy atom. The molecule has 2 N–H and O–H groups in total. The highest BCUT2D eigenvalue weighted by Gasteiger charge is 2.17. The maximum absolute atomic E-state index is 12.5. The van der Waals surface area contributed by atoms with Crippen LogP contribution in [-0.4, -0.2) is 23.0 Å². The Balaban J connectivity index is 1.63. The SMILES string of the molecule is Cn1c(CNS(=O)(=O)c2ccc3[nH]c(=O)oc3c2)nc2ccccc21. The van der Waals surface area contributed by atoms with Gasteiger partial charge in [0.15, 0.2) is 5.58 Å². The van der Waals surface area contributed by atoms with Crippen molar-refractivity contribution in [2.24, 2.45) is 7.05 Å². The van der Waals surface area contributed by atoms with Crippen molar-refractivity contribution in [1.82, 2.24) is 19.3 Å². The van der Waals surface area contributed by atoms with E-state index in [9.17, 15) is 13.2 Å². The zero-order valence-corrected chi connectivity index (χ0v) is 14.0. The van der Waals surface area contributed by atoms with Crippen LogP contribution in [0.3, 0.4) is 0 Å². The number of sulfonamides is 1. The molecule has 0 saturated heterocycles. The molecule has 2 aromatic carbocycles. The number of aryl methyl sites for hydroxylation is 1. The molecule has 0 unspecified atom stereocenters. The first-order valence-electron chi connectivity index (χ1n) is 7.47. The molecule has 0 radical (unpaired) electrons. The first kappa shape index (κ1) is 15.6. The Labute approximate surface area is 142 Å². The second-order valence-corrected chi connectivity index (χ2v) is 7.34. The van der Waals surface area contributed by atoms with Gasteiger partial charge in [0.1, 0.15) is 5.82 Å². The molecule has 4 aromatic rings. The predicted octanol–water partition coefficient (Wildman–Crippen LogP) is 1.49. The van der Waals surface area contributed by atoms with E-state index in [4.69, 9.17) is 4.42 Å². The van der Waals surface area contributed by atoms with E-state index in [1.807, 2.05) is 35.9 Å². The molecule has 0 aliphatic carbocycles. The number of rotatable bonds is 4. The summed E-state index contributed by atoms with van der Waals surface area (Å²) in [6.07, 6.45) is 0. The molecule has 0 spiro atoms. The molecule has 0 atom stereocenters. The summed E-state index contributed by atoms with van der Waals surface area (Å²) in [6.45, 7) is 0.0443. The lowest BCUT2D eigenvalue weighted by Crippen LogP contribution is -2.24. The fraction of sp³-hybridized carbons (Fsp3) is 0.125. The third-order valence-electron chi connectivity index (χ3n) is 4.00. The number of aromatic amines is 1. The van der Waals surface area contributed by atoms with Gasteiger partial charge in [0.25, 0.3) is 0 Å². The number of nitrogens with one attached hydrogen (secondary N) is 2. The number of oxazole rings is 1.